The molecule has 0 spiro atoms. The van der Waals surface area contributed by atoms with Crippen molar-refractivity contribution in [2.45, 2.75) is 19.1 Å². The molecule has 0 radical (unpaired) electrons. The fourth-order valence-corrected chi connectivity index (χ4v) is 2.83. The van der Waals surface area contributed by atoms with Crippen molar-refractivity contribution in [3.8, 4) is 0 Å². The van der Waals surface area contributed by atoms with E-state index < -0.39 is 0 Å². The number of halogens is 1. The maximum absolute atomic E-state index is 13.7. The summed E-state index contributed by atoms with van der Waals surface area (Å²) < 4.78 is 19.1. The molecule has 1 aliphatic heterocycles. The van der Waals surface area contributed by atoms with Crippen molar-refractivity contribution in [2.24, 2.45) is 0 Å². The Balaban J connectivity index is 1.62. The molecule has 0 aliphatic carbocycles. The van der Waals surface area contributed by atoms with Crippen LogP contribution < -0.4 is 5.32 Å². The van der Waals surface area contributed by atoms with Crippen LogP contribution in [0.15, 0.2) is 54.6 Å². The molecule has 1 fully saturated rings. The number of nitrogens with one attached hydrogen (secondary N) is 1. The van der Waals surface area contributed by atoms with E-state index in [9.17, 15) is 9.18 Å². The first kappa shape index (κ1) is 16.6. The summed E-state index contributed by atoms with van der Waals surface area (Å²) >= 11 is 0. The molecular formula is C19H21FN2O2. The molecule has 5 heteroatoms. The molecule has 3 rings (SSSR count). The van der Waals surface area contributed by atoms with Crippen LogP contribution in [0.25, 0.3) is 0 Å². The van der Waals surface area contributed by atoms with Gasteiger partial charge in [-0.15, -0.1) is 0 Å². The van der Waals surface area contributed by atoms with Gasteiger partial charge in [0.1, 0.15) is 11.9 Å². The monoisotopic (exact) mass is 328 g/mol. The molecule has 0 bridgehead atoms. The summed E-state index contributed by atoms with van der Waals surface area (Å²) in [5, 5.41) is 2.82. The van der Waals surface area contributed by atoms with E-state index in [1.54, 1.807) is 18.2 Å². The average molecular weight is 328 g/mol. The molecule has 1 atom stereocenters. The van der Waals surface area contributed by atoms with Gasteiger partial charge < -0.3 is 10.1 Å². The van der Waals surface area contributed by atoms with Gasteiger partial charge in [0.2, 0.25) is 5.91 Å². The van der Waals surface area contributed by atoms with Gasteiger partial charge in [0.25, 0.3) is 0 Å². The summed E-state index contributed by atoms with van der Waals surface area (Å²) in [6.45, 7) is 2.55. The third-order valence-electron chi connectivity index (χ3n) is 4.18. The van der Waals surface area contributed by atoms with E-state index in [-0.39, 0.29) is 24.3 Å². The van der Waals surface area contributed by atoms with Gasteiger partial charge in [-0.25, -0.2) is 4.39 Å². The molecule has 1 N–H and O–H groups in total. The Hall–Kier alpha value is -2.24. The minimum absolute atomic E-state index is 0.131. The van der Waals surface area contributed by atoms with Gasteiger partial charge in [-0.05, 0) is 11.6 Å². The lowest BCUT2D eigenvalue weighted by atomic mass is 10.1. The van der Waals surface area contributed by atoms with Crippen molar-refractivity contribution in [1.29, 1.82) is 0 Å². The summed E-state index contributed by atoms with van der Waals surface area (Å²) in [6.07, 6.45) is 0. The highest BCUT2D eigenvalue weighted by Crippen LogP contribution is 2.13. The van der Waals surface area contributed by atoms with Gasteiger partial charge in [-0.1, -0.05) is 48.5 Å². The molecule has 24 heavy (non-hydrogen) atoms. The zero-order chi connectivity index (χ0) is 16.8. The number of carbonyl (C=O) groups excluding carboxylic acids is 1. The number of amides is 1. The third kappa shape index (κ3) is 4.19. The number of rotatable bonds is 5. The van der Waals surface area contributed by atoms with Crippen molar-refractivity contribution in [3.05, 3.63) is 71.5 Å². The predicted octanol–water partition coefficient (Wildman–Crippen LogP) is 2.34. The summed E-state index contributed by atoms with van der Waals surface area (Å²) in [6, 6.07) is 16.2. The van der Waals surface area contributed by atoms with Gasteiger partial charge in [0, 0.05) is 25.2 Å². The lowest BCUT2D eigenvalue weighted by Crippen LogP contribution is -2.53. The third-order valence-corrected chi connectivity index (χ3v) is 4.18. The number of benzene rings is 2. The fourth-order valence-electron chi connectivity index (χ4n) is 2.83. The second-order valence-corrected chi connectivity index (χ2v) is 5.86. The molecular weight excluding hydrogens is 307 g/mol. The van der Waals surface area contributed by atoms with Crippen LogP contribution in [0.1, 0.15) is 11.1 Å². The van der Waals surface area contributed by atoms with Crippen LogP contribution in [0.2, 0.25) is 0 Å². The summed E-state index contributed by atoms with van der Waals surface area (Å²) in [4.78, 5) is 14.6. The molecule has 1 amide bonds. The lowest BCUT2D eigenvalue weighted by Gasteiger charge is -2.34. The quantitative estimate of drug-likeness (QED) is 0.916. The number of hydrogen-bond acceptors (Lipinski definition) is 3. The van der Waals surface area contributed by atoms with E-state index >= 15 is 0 Å². The van der Waals surface area contributed by atoms with Crippen molar-refractivity contribution in [2.75, 3.05) is 19.8 Å². The average Bonchev–Trinajstić information content (AvgIpc) is 2.62. The molecule has 0 saturated carbocycles. The Labute approximate surface area is 141 Å². The zero-order valence-corrected chi connectivity index (χ0v) is 13.5. The molecule has 4 nitrogen and oxygen atoms in total. The van der Waals surface area contributed by atoms with Gasteiger partial charge in [-0.3, -0.25) is 9.69 Å². The highest BCUT2D eigenvalue weighted by atomic mass is 19.1. The molecule has 0 unspecified atom stereocenters. The second kappa shape index (κ2) is 8.04. The van der Waals surface area contributed by atoms with E-state index in [2.05, 4.69) is 10.2 Å². The summed E-state index contributed by atoms with van der Waals surface area (Å²) in [5.74, 6) is -0.437. The smallest absolute Gasteiger partial charge is 0.240 e. The van der Waals surface area contributed by atoms with E-state index in [0.717, 1.165) is 5.56 Å². The largest absolute Gasteiger partial charge is 0.378 e. The van der Waals surface area contributed by atoms with Crippen molar-refractivity contribution in [3.63, 3.8) is 0 Å². The van der Waals surface area contributed by atoms with Gasteiger partial charge in [0.05, 0.1) is 13.2 Å². The number of carbonyl (C=O) groups is 1. The highest BCUT2D eigenvalue weighted by Gasteiger charge is 2.29. The Bertz CT molecular complexity index is 678. The molecule has 2 aromatic rings. The lowest BCUT2D eigenvalue weighted by molar-refractivity contribution is -0.133. The van der Waals surface area contributed by atoms with E-state index in [0.29, 0.717) is 31.9 Å². The maximum atomic E-state index is 13.7. The Morgan fingerprint density at radius 3 is 2.71 bits per heavy atom. The molecule has 0 aromatic heterocycles. The van der Waals surface area contributed by atoms with Crippen molar-refractivity contribution in [1.82, 2.24) is 10.2 Å². The van der Waals surface area contributed by atoms with E-state index in [1.165, 1.54) is 6.07 Å². The van der Waals surface area contributed by atoms with Crippen molar-refractivity contribution < 1.29 is 13.9 Å². The van der Waals surface area contributed by atoms with Gasteiger partial charge in [-0.2, -0.15) is 0 Å². The molecule has 126 valence electrons. The first-order valence-electron chi connectivity index (χ1n) is 8.11. The van der Waals surface area contributed by atoms with Gasteiger partial charge >= 0.3 is 0 Å². The minimum Gasteiger partial charge on any atom is -0.378 e. The van der Waals surface area contributed by atoms with Crippen LogP contribution in [0.4, 0.5) is 4.39 Å². The number of morpholine rings is 1. The Kier molecular flexibility index (Phi) is 5.56. The number of ether oxygens (including phenoxy) is 1. The summed E-state index contributed by atoms with van der Waals surface area (Å²) in [5.41, 5.74) is 1.64. The van der Waals surface area contributed by atoms with Crippen LogP contribution in [-0.2, 0) is 22.6 Å². The molecule has 1 saturated heterocycles. The van der Waals surface area contributed by atoms with E-state index in [4.69, 9.17) is 4.74 Å². The van der Waals surface area contributed by atoms with Crippen LogP contribution in [0.3, 0.4) is 0 Å². The van der Waals surface area contributed by atoms with Crippen LogP contribution in [0, 0.1) is 5.82 Å². The predicted molar refractivity (Wildman–Crippen MR) is 89.7 cm³/mol. The maximum Gasteiger partial charge on any atom is 0.240 e. The molecule has 1 heterocycles. The minimum atomic E-state index is -0.356. The number of hydrogen-bond donors (Lipinski definition) is 1. The fraction of sp³-hybridized carbons (Fsp3) is 0.316. The van der Waals surface area contributed by atoms with E-state index in [1.807, 2.05) is 30.3 Å². The zero-order valence-electron chi connectivity index (χ0n) is 13.5. The Morgan fingerprint density at radius 2 is 1.92 bits per heavy atom. The van der Waals surface area contributed by atoms with Crippen molar-refractivity contribution >= 4 is 5.91 Å². The normalized spacial score (nSPS) is 18.3. The van der Waals surface area contributed by atoms with Gasteiger partial charge in [0.15, 0.2) is 0 Å². The summed E-state index contributed by atoms with van der Waals surface area (Å²) in [7, 11) is 0. The standard InChI is InChI=1S/C19H21FN2O2/c20-17-9-5-4-8-16(17)12-21-19(23)18-14-24-11-10-22(18)13-15-6-2-1-3-7-15/h1-9,18H,10-14H2,(H,21,23)/t18-/m1/s1. The van der Waals surface area contributed by atoms with Crippen LogP contribution in [-0.4, -0.2) is 36.6 Å². The highest BCUT2D eigenvalue weighted by molar-refractivity contribution is 5.82. The second-order valence-electron chi connectivity index (χ2n) is 5.86. The Morgan fingerprint density at radius 1 is 1.17 bits per heavy atom. The molecule has 2 aromatic carbocycles. The molecule has 1 aliphatic rings. The first-order valence-corrected chi connectivity index (χ1v) is 8.11. The van der Waals surface area contributed by atoms with Crippen LogP contribution in [0.5, 0.6) is 0 Å². The topological polar surface area (TPSA) is 41.6 Å². The van der Waals surface area contributed by atoms with Crippen LogP contribution >= 0.6 is 0 Å². The number of nitrogens with zero attached hydrogens (tertiary/aromatic N) is 1. The SMILES string of the molecule is O=C(NCc1ccccc1F)[C@H]1COCCN1Cc1ccccc1. The first-order chi connectivity index (χ1) is 11.7.